The highest BCUT2D eigenvalue weighted by atomic mass is 35.5. The summed E-state index contributed by atoms with van der Waals surface area (Å²) >= 11 is 12.7. The zero-order chi connectivity index (χ0) is 26.0. The molecule has 0 saturated heterocycles. The van der Waals surface area contributed by atoms with Crippen LogP contribution in [0.15, 0.2) is 40.6 Å². The average molecular weight is 526 g/mol. The van der Waals surface area contributed by atoms with Crippen LogP contribution in [0.5, 0.6) is 23.0 Å². The molecule has 11 heteroatoms. The number of carbonyl (C=O) groups is 2. The lowest BCUT2D eigenvalue weighted by Crippen LogP contribution is -2.36. The lowest BCUT2D eigenvalue weighted by Gasteiger charge is -2.20. The first-order valence-electron chi connectivity index (χ1n) is 11.2. The molecule has 1 atom stereocenters. The van der Waals surface area contributed by atoms with Gasteiger partial charge in [-0.2, -0.15) is 5.11 Å². The number of halogens is 2. The lowest BCUT2D eigenvalue weighted by atomic mass is 10.2. The highest BCUT2D eigenvalue weighted by Gasteiger charge is 2.31. The first-order chi connectivity index (χ1) is 16.8. The topological polar surface area (TPSA) is 99.0 Å². The molecular weight excluding hydrogens is 497 g/mol. The summed E-state index contributed by atoms with van der Waals surface area (Å²) in [4.78, 5) is 25.6. The van der Waals surface area contributed by atoms with Crippen LogP contribution in [0.1, 0.15) is 34.6 Å². The Bertz CT molecular complexity index is 1060. The van der Waals surface area contributed by atoms with E-state index in [4.69, 9.17) is 42.3 Å². The summed E-state index contributed by atoms with van der Waals surface area (Å²) in [6.07, 6.45) is 0. The van der Waals surface area contributed by atoms with Crippen LogP contribution in [0.2, 0.25) is 5.02 Å². The lowest BCUT2D eigenvalue weighted by molar-refractivity contribution is -0.126. The van der Waals surface area contributed by atoms with Crippen LogP contribution < -0.4 is 23.4 Å². The van der Waals surface area contributed by atoms with E-state index < -0.39 is 17.7 Å². The molecule has 0 aliphatic carbocycles. The van der Waals surface area contributed by atoms with Gasteiger partial charge in [-0.25, -0.2) is 4.42 Å². The maximum Gasteiger partial charge on any atom is 0.276 e. The summed E-state index contributed by atoms with van der Waals surface area (Å²) in [7, 11) is 0. The molecule has 2 rings (SSSR count). The van der Waals surface area contributed by atoms with Gasteiger partial charge in [-0.15, -0.1) is 5.11 Å². The number of ether oxygens (including phenoxy) is 4. The second-order valence-electron chi connectivity index (χ2n) is 6.96. The highest BCUT2D eigenvalue weighted by Crippen LogP contribution is 2.40. The number of Topliss-reactive ketones (excluding diaryl/α,β-unsaturated/α-hetero) is 1. The Morgan fingerprint density at radius 1 is 0.886 bits per heavy atom. The third-order valence-electron chi connectivity index (χ3n) is 4.45. The molecule has 0 radical (unpaired) electrons. The molecule has 0 N–H and O–H groups in total. The Hall–Kier alpha value is -3.04. The zero-order valence-electron chi connectivity index (χ0n) is 20.3. The number of azo groups is 1. The van der Waals surface area contributed by atoms with Crippen molar-refractivity contribution in [3.8, 4) is 23.0 Å². The standard InChI is InChI=1S/C24H29Cl2N3O6/c1-6-32-16-10-11-20(34-8-3)19(13-16)29(26)24(31)22(15(5)30)27-28-23-18(25)12-17(33-7-2)14-21(23)35-9-4/h10-14,22H,6-9H2,1-5H3. The van der Waals surface area contributed by atoms with Crippen molar-refractivity contribution < 1.29 is 28.5 Å². The fourth-order valence-corrected chi connectivity index (χ4v) is 3.46. The van der Waals surface area contributed by atoms with Gasteiger partial charge in [0.15, 0.2) is 11.5 Å². The molecule has 0 heterocycles. The Labute approximate surface area is 215 Å². The zero-order valence-corrected chi connectivity index (χ0v) is 21.9. The van der Waals surface area contributed by atoms with Gasteiger partial charge in [0.2, 0.25) is 6.04 Å². The molecule has 0 aliphatic rings. The number of anilines is 1. The van der Waals surface area contributed by atoms with Crippen molar-refractivity contribution in [2.24, 2.45) is 10.2 Å². The van der Waals surface area contributed by atoms with Crippen LogP contribution in [0.4, 0.5) is 11.4 Å². The summed E-state index contributed by atoms with van der Waals surface area (Å²) < 4.78 is 22.9. The molecule has 0 aliphatic heterocycles. The third kappa shape index (κ3) is 7.47. The van der Waals surface area contributed by atoms with Crippen molar-refractivity contribution in [2.45, 2.75) is 40.7 Å². The van der Waals surface area contributed by atoms with Crippen LogP contribution in [0, 0.1) is 0 Å². The fraction of sp³-hybridized carbons (Fsp3) is 0.417. The van der Waals surface area contributed by atoms with Crippen molar-refractivity contribution in [3.63, 3.8) is 0 Å². The molecule has 190 valence electrons. The smallest absolute Gasteiger partial charge is 0.276 e. The van der Waals surface area contributed by atoms with E-state index >= 15 is 0 Å². The maximum atomic E-state index is 13.2. The van der Waals surface area contributed by atoms with Gasteiger partial charge < -0.3 is 18.9 Å². The second-order valence-corrected chi connectivity index (χ2v) is 7.71. The average Bonchev–Trinajstić information content (AvgIpc) is 2.81. The first-order valence-corrected chi connectivity index (χ1v) is 11.9. The number of hydrogen-bond donors (Lipinski definition) is 0. The second kappa shape index (κ2) is 13.7. The SMILES string of the molecule is CCOc1cc(Cl)c(N=NC(C(C)=O)C(=O)N(Cl)c2cc(OCC)ccc2OCC)c(OCC)c1. The van der Waals surface area contributed by atoms with Crippen LogP contribution in [-0.4, -0.2) is 44.2 Å². The van der Waals surface area contributed by atoms with E-state index in [1.165, 1.54) is 6.92 Å². The summed E-state index contributed by atoms with van der Waals surface area (Å²) in [5.41, 5.74) is 0.366. The van der Waals surface area contributed by atoms with Crippen molar-refractivity contribution in [1.29, 1.82) is 0 Å². The highest BCUT2D eigenvalue weighted by molar-refractivity contribution is 6.39. The molecule has 1 unspecified atom stereocenters. The first kappa shape index (κ1) is 28.2. The summed E-state index contributed by atoms with van der Waals surface area (Å²) in [5.74, 6) is 0.219. The molecule has 2 aromatic rings. The van der Waals surface area contributed by atoms with Gasteiger partial charge in [-0.05, 0) is 46.8 Å². The van der Waals surface area contributed by atoms with Crippen LogP contribution >= 0.6 is 23.4 Å². The van der Waals surface area contributed by atoms with E-state index in [0.29, 0.717) is 49.4 Å². The third-order valence-corrected chi connectivity index (χ3v) is 5.09. The Balaban J connectivity index is 2.43. The number of nitrogens with zero attached hydrogens (tertiary/aromatic N) is 3. The number of hydrogen-bond acceptors (Lipinski definition) is 8. The maximum absolute atomic E-state index is 13.2. The van der Waals surface area contributed by atoms with Crippen molar-refractivity contribution in [2.75, 3.05) is 30.8 Å². The number of rotatable bonds is 13. The molecule has 0 aromatic heterocycles. The van der Waals surface area contributed by atoms with E-state index in [0.717, 1.165) is 4.42 Å². The Morgan fingerprint density at radius 3 is 2.09 bits per heavy atom. The van der Waals surface area contributed by atoms with E-state index in [9.17, 15) is 9.59 Å². The van der Waals surface area contributed by atoms with E-state index in [2.05, 4.69) is 10.2 Å². The molecular formula is C24H29Cl2N3O6. The van der Waals surface area contributed by atoms with Gasteiger partial charge in [-0.1, -0.05) is 11.6 Å². The summed E-state index contributed by atoms with van der Waals surface area (Å²) in [6, 6.07) is 6.50. The van der Waals surface area contributed by atoms with Gasteiger partial charge in [-0.3, -0.25) is 9.59 Å². The largest absolute Gasteiger partial charge is 0.494 e. The number of benzene rings is 2. The minimum absolute atomic E-state index is 0.158. The van der Waals surface area contributed by atoms with Gasteiger partial charge in [0.1, 0.15) is 28.6 Å². The normalized spacial score (nSPS) is 11.7. The minimum Gasteiger partial charge on any atom is -0.494 e. The molecule has 1 amide bonds. The van der Waals surface area contributed by atoms with Gasteiger partial charge in [0, 0.05) is 30.0 Å². The van der Waals surface area contributed by atoms with Crippen LogP contribution in [0.3, 0.4) is 0 Å². The Kier molecular flexibility index (Phi) is 11.1. The Morgan fingerprint density at radius 2 is 1.49 bits per heavy atom. The molecule has 0 saturated carbocycles. The van der Waals surface area contributed by atoms with Gasteiger partial charge in [0.25, 0.3) is 5.91 Å². The van der Waals surface area contributed by atoms with Crippen LogP contribution in [-0.2, 0) is 9.59 Å². The van der Waals surface area contributed by atoms with Crippen molar-refractivity contribution in [3.05, 3.63) is 35.4 Å². The molecule has 35 heavy (non-hydrogen) atoms. The summed E-state index contributed by atoms with van der Waals surface area (Å²) in [6.45, 7) is 9.99. The molecule has 9 nitrogen and oxygen atoms in total. The molecule has 0 fully saturated rings. The monoisotopic (exact) mass is 525 g/mol. The number of ketones is 1. The van der Waals surface area contributed by atoms with E-state index in [-0.39, 0.29) is 16.4 Å². The van der Waals surface area contributed by atoms with E-state index in [1.54, 1.807) is 44.2 Å². The predicted octanol–water partition coefficient (Wildman–Crippen LogP) is 6.16. The van der Waals surface area contributed by atoms with Crippen molar-refractivity contribution in [1.82, 2.24) is 0 Å². The number of carbonyl (C=O) groups excluding carboxylic acids is 2. The molecule has 2 aromatic carbocycles. The van der Waals surface area contributed by atoms with Crippen LogP contribution in [0.25, 0.3) is 0 Å². The van der Waals surface area contributed by atoms with Gasteiger partial charge in [0.05, 0.1) is 31.5 Å². The predicted molar refractivity (Wildman–Crippen MR) is 135 cm³/mol. The van der Waals surface area contributed by atoms with Crippen molar-refractivity contribution >= 4 is 46.4 Å². The van der Waals surface area contributed by atoms with Gasteiger partial charge >= 0.3 is 0 Å². The fourth-order valence-electron chi connectivity index (χ4n) is 2.99. The minimum atomic E-state index is -1.53. The van der Waals surface area contributed by atoms with E-state index in [1.807, 2.05) is 13.8 Å². The summed E-state index contributed by atoms with van der Waals surface area (Å²) in [5, 5.41) is 8.24. The molecule has 0 spiro atoms. The number of amides is 1. The molecule has 0 bridgehead atoms. The quantitative estimate of drug-likeness (QED) is 0.176.